The maximum Gasteiger partial charge on any atom is 0.143 e. The normalized spacial score (nSPS) is 11.9. The fourth-order valence-corrected chi connectivity index (χ4v) is 8.32. The molecule has 16 heteroatoms. The van der Waals surface area contributed by atoms with Gasteiger partial charge in [-0.2, -0.15) is 0 Å². The van der Waals surface area contributed by atoms with Crippen molar-refractivity contribution in [3.8, 4) is 22.3 Å². The Bertz CT molecular complexity index is 3220. The van der Waals surface area contributed by atoms with Crippen LogP contribution in [0.1, 0.15) is 0 Å². The summed E-state index contributed by atoms with van der Waals surface area (Å²) in [7, 11) is 101. The molecule has 1 nitrogen and oxygen atoms in total. The lowest BCUT2D eigenvalue weighted by Gasteiger charge is -2.31. The molecule has 0 aliphatic carbocycles. The molecule has 220 valence electrons. The summed E-state index contributed by atoms with van der Waals surface area (Å²) in [6, 6.07) is 17.7. The fourth-order valence-electron chi connectivity index (χ4n) is 8.32. The molecule has 9 rings (SSSR count). The quantitative estimate of drug-likeness (QED) is 0.132. The Balaban J connectivity index is 1.59. The van der Waals surface area contributed by atoms with Gasteiger partial charge in [0.05, 0.1) is 0 Å². The summed E-state index contributed by atoms with van der Waals surface area (Å²) >= 11 is 0. The predicted octanol–water partition coefficient (Wildman–Crippen LogP) is -6.56. The van der Waals surface area contributed by atoms with Gasteiger partial charge in [0.2, 0.25) is 0 Å². The number of hydrogen-bond acceptors (Lipinski definition) is 1. The molecule has 0 saturated carbocycles. The zero-order valence-corrected chi connectivity index (χ0v) is 29.8. The second-order valence-corrected chi connectivity index (χ2v) is 14.1. The average Bonchev–Trinajstić information content (AvgIpc) is 3.58. The minimum Gasteiger partial charge on any atom is -0.455 e. The molecule has 0 saturated heterocycles. The van der Waals surface area contributed by atoms with Crippen molar-refractivity contribution in [2.45, 2.75) is 0 Å². The van der Waals surface area contributed by atoms with Crippen LogP contribution in [0.2, 0.25) is 0 Å². The zero-order chi connectivity index (χ0) is 40.0. The number of benzene rings is 8. The molecule has 0 fully saturated rings. The molecule has 0 amide bonds. The lowest BCUT2D eigenvalue weighted by Crippen LogP contribution is -2.53. The fraction of sp³-hybridized carbons (Fsp3) is 0. The Labute approximate surface area is 344 Å². The van der Waals surface area contributed by atoms with Crippen molar-refractivity contribution in [2.24, 2.45) is 0 Å². The van der Waals surface area contributed by atoms with Crippen molar-refractivity contribution in [1.82, 2.24) is 0 Å². The van der Waals surface area contributed by atoms with Crippen molar-refractivity contribution < 1.29 is 4.42 Å². The highest BCUT2D eigenvalue weighted by atomic mass is 16.3. The summed E-state index contributed by atoms with van der Waals surface area (Å²) in [5.74, 6) is 0. The van der Waals surface area contributed by atoms with E-state index in [9.17, 15) is 0 Å². The van der Waals surface area contributed by atoms with Crippen LogP contribution < -0.4 is 81.9 Å². The van der Waals surface area contributed by atoms with Crippen LogP contribution in [-0.2, 0) is 0 Å². The first-order chi connectivity index (χ1) is 26.6. The number of hydrogen-bond donors (Lipinski definition) is 0. The van der Waals surface area contributed by atoms with E-state index >= 15 is 0 Å². The highest BCUT2D eigenvalue weighted by Crippen LogP contribution is 2.43. The summed E-state index contributed by atoms with van der Waals surface area (Å²) in [5.41, 5.74) is 3.02. The standard InChI is InChI=1S/C40H9B15O/c41-25-18-16(11-6-8-15-14(9-11)13-7-5-10-3-1-2-4-12(10)40(13)56-15)19-21(29(45)37(53)35(51)26(19)42)17(20(18)28(44)36(52)34(25)50)22-23-24(31(47)33(49)27(22)43)32(48)39(55)38(54)30(23)46/h1-9H. The topological polar surface area (TPSA) is 13.1 Å². The van der Waals surface area contributed by atoms with E-state index in [-0.39, 0.29) is 115 Å². The van der Waals surface area contributed by atoms with Crippen molar-refractivity contribution in [3.05, 3.63) is 54.6 Å². The van der Waals surface area contributed by atoms with Gasteiger partial charge in [0.1, 0.15) is 129 Å². The van der Waals surface area contributed by atoms with Gasteiger partial charge < -0.3 is 4.42 Å². The first-order valence-corrected chi connectivity index (χ1v) is 17.2. The van der Waals surface area contributed by atoms with E-state index < -0.39 is 0 Å². The number of furan rings is 1. The van der Waals surface area contributed by atoms with Crippen LogP contribution in [0.25, 0.3) is 87.3 Å². The molecular formula is C40H9B15O. The molecule has 1 heterocycles. The third-order valence-corrected chi connectivity index (χ3v) is 11.2. The van der Waals surface area contributed by atoms with Crippen molar-refractivity contribution >= 4 is 265 Å². The SMILES string of the molecule is [B]c1c([B])c([B])c2c(-c3c4c([B])c([B])c([B])c([B])c4c(-c4ccc5oc6c7ccccc7ccc6c5c4)c4c([B])c([B])c([B])c([B])c34)c([B])c([B])c([B])c2c1[B]. The van der Waals surface area contributed by atoms with Crippen LogP contribution in [-0.4, -0.2) is 118 Å². The van der Waals surface area contributed by atoms with Crippen molar-refractivity contribution in [3.63, 3.8) is 0 Å². The lowest BCUT2D eigenvalue weighted by molar-refractivity contribution is 0.672. The van der Waals surface area contributed by atoms with E-state index in [2.05, 4.69) is 0 Å². The monoisotopic (exact) mass is 670 g/mol. The first-order valence-electron chi connectivity index (χ1n) is 17.2. The molecule has 0 bridgehead atoms. The van der Waals surface area contributed by atoms with Crippen LogP contribution in [0, 0.1) is 0 Å². The van der Waals surface area contributed by atoms with Gasteiger partial charge in [-0.1, -0.05) is 80.1 Å². The summed E-state index contributed by atoms with van der Waals surface area (Å²) in [6.45, 7) is 0. The molecule has 9 aromatic rings. The van der Waals surface area contributed by atoms with E-state index in [1.807, 2.05) is 54.6 Å². The molecule has 0 N–H and O–H groups in total. The van der Waals surface area contributed by atoms with Gasteiger partial charge in [0, 0.05) is 16.2 Å². The van der Waals surface area contributed by atoms with E-state index in [4.69, 9.17) is 122 Å². The van der Waals surface area contributed by atoms with E-state index in [0.717, 1.165) is 27.1 Å². The highest BCUT2D eigenvalue weighted by Gasteiger charge is 2.28. The lowest BCUT2D eigenvalue weighted by atomic mass is 9.56. The molecule has 0 unspecified atom stereocenters. The average molecular weight is 668 g/mol. The first kappa shape index (κ1) is 37.2. The van der Waals surface area contributed by atoms with Crippen LogP contribution in [0.5, 0.6) is 0 Å². The minimum absolute atomic E-state index is 0.000193. The van der Waals surface area contributed by atoms with E-state index in [1.165, 1.54) is 0 Å². The highest BCUT2D eigenvalue weighted by molar-refractivity contribution is 6.75. The van der Waals surface area contributed by atoms with Crippen LogP contribution >= 0.6 is 0 Å². The largest absolute Gasteiger partial charge is 0.455 e. The number of rotatable bonds is 2. The molecule has 0 atom stereocenters. The Morgan fingerprint density at radius 3 is 1.25 bits per heavy atom. The molecule has 30 radical (unpaired) electrons. The molecule has 1 aromatic heterocycles. The minimum atomic E-state index is -0.0390. The van der Waals surface area contributed by atoms with Gasteiger partial charge in [-0.3, -0.25) is 0 Å². The second-order valence-electron chi connectivity index (χ2n) is 14.1. The molecular weight excluding hydrogens is 659 g/mol. The maximum absolute atomic E-state index is 7.00. The van der Waals surface area contributed by atoms with Crippen LogP contribution in [0.15, 0.2) is 59.0 Å². The maximum atomic E-state index is 7.00. The third kappa shape index (κ3) is 4.77. The summed E-state index contributed by atoms with van der Waals surface area (Å²) in [5, 5.41) is 5.26. The Morgan fingerprint density at radius 2 is 0.732 bits per heavy atom. The number of fused-ring (bicyclic) bond motifs is 8. The molecule has 0 spiro atoms. The molecule has 0 aliphatic rings. The van der Waals surface area contributed by atoms with Gasteiger partial charge in [-0.25, -0.2) is 0 Å². The molecule has 0 aliphatic heterocycles. The smallest absolute Gasteiger partial charge is 0.143 e. The predicted molar refractivity (Wildman–Crippen MR) is 255 cm³/mol. The third-order valence-electron chi connectivity index (χ3n) is 11.2. The Kier molecular flexibility index (Phi) is 8.49. The second kappa shape index (κ2) is 12.8. The van der Waals surface area contributed by atoms with Gasteiger partial charge in [-0.05, 0) is 78.2 Å². The van der Waals surface area contributed by atoms with Crippen molar-refractivity contribution in [2.75, 3.05) is 0 Å². The van der Waals surface area contributed by atoms with Gasteiger partial charge in [-0.15, -0.1) is 38.2 Å². The summed E-state index contributed by atoms with van der Waals surface area (Å²) in [6.07, 6.45) is 0. The van der Waals surface area contributed by atoms with Gasteiger partial charge >= 0.3 is 0 Å². The van der Waals surface area contributed by atoms with E-state index in [1.54, 1.807) is 0 Å². The summed E-state index contributed by atoms with van der Waals surface area (Å²) < 4.78 is 6.44. The van der Waals surface area contributed by atoms with Crippen LogP contribution in [0.4, 0.5) is 0 Å². The van der Waals surface area contributed by atoms with Crippen molar-refractivity contribution in [1.29, 1.82) is 0 Å². The zero-order valence-electron chi connectivity index (χ0n) is 29.8. The Hall–Kier alpha value is -4.43. The Morgan fingerprint density at radius 1 is 0.304 bits per heavy atom. The molecule has 8 aromatic carbocycles. The summed E-state index contributed by atoms with van der Waals surface area (Å²) in [4.78, 5) is 0. The van der Waals surface area contributed by atoms with Gasteiger partial charge in [0.25, 0.3) is 0 Å². The molecule has 56 heavy (non-hydrogen) atoms. The van der Waals surface area contributed by atoms with Gasteiger partial charge in [0.15, 0.2) is 0 Å². The van der Waals surface area contributed by atoms with E-state index in [0.29, 0.717) is 27.5 Å². The van der Waals surface area contributed by atoms with Crippen LogP contribution in [0.3, 0.4) is 0 Å².